The fourth-order valence-electron chi connectivity index (χ4n) is 3.91. The van der Waals surface area contributed by atoms with Crippen LogP contribution in [0.25, 0.3) is 0 Å². The lowest BCUT2D eigenvalue weighted by Crippen LogP contribution is -2.29. The van der Waals surface area contributed by atoms with Gasteiger partial charge in [-0.3, -0.25) is 4.90 Å². The molecule has 2 aliphatic heterocycles. The normalized spacial score (nSPS) is 23.5. The Morgan fingerprint density at radius 2 is 2.25 bits per heavy atom. The summed E-state index contributed by atoms with van der Waals surface area (Å²) in [5.74, 6) is 0.647. The zero-order valence-corrected chi connectivity index (χ0v) is 16.4. The van der Waals surface area contributed by atoms with Crippen LogP contribution in [0.2, 0.25) is 5.15 Å². The van der Waals surface area contributed by atoms with Crippen molar-refractivity contribution in [2.24, 2.45) is 10.9 Å². The number of aromatic nitrogens is 1. The average molecular weight is 408 g/mol. The standard InChI is InChI=1S/C19H23ClFN5O2/c1-11-17(21)14-6-12(7-15(14)18(20)25-11)8-22-3-2-13-10-26(19(27)28-13)16-9-23-4-5-24-16/h5,9,12-13,22-23H,2-4,6-8,10H2,1H3. The fraction of sp³-hybridized carbons (Fsp3) is 0.526. The third-order valence-corrected chi connectivity index (χ3v) is 5.65. The molecule has 3 heterocycles. The number of rotatable bonds is 6. The first-order valence-corrected chi connectivity index (χ1v) is 9.89. The number of hydrogen-bond acceptors (Lipinski definition) is 6. The molecule has 0 saturated carbocycles. The van der Waals surface area contributed by atoms with Gasteiger partial charge >= 0.3 is 6.09 Å². The van der Waals surface area contributed by atoms with E-state index in [1.165, 1.54) is 0 Å². The SMILES string of the molecule is Cc1nc(Cl)c2c(c1F)CC(CNCCC1CN(C3=CNCC=N3)C(=O)O1)C2. The first kappa shape index (κ1) is 19.1. The van der Waals surface area contributed by atoms with Crippen LogP contribution >= 0.6 is 11.6 Å². The Morgan fingerprint density at radius 3 is 3.04 bits per heavy atom. The van der Waals surface area contributed by atoms with E-state index >= 15 is 0 Å². The molecule has 4 rings (SSSR count). The molecular formula is C19H23ClFN5O2. The van der Waals surface area contributed by atoms with E-state index in [9.17, 15) is 9.18 Å². The van der Waals surface area contributed by atoms with Gasteiger partial charge in [-0.15, -0.1) is 0 Å². The van der Waals surface area contributed by atoms with Crippen LogP contribution < -0.4 is 10.6 Å². The Balaban J connectivity index is 1.22. The number of aliphatic imine (C=N–C) groups is 1. The van der Waals surface area contributed by atoms with E-state index in [-0.39, 0.29) is 18.0 Å². The molecule has 2 unspecified atom stereocenters. The number of cyclic esters (lactones) is 1. The van der Waals surface area contributed by atoms with Crippen molar-refractivity contribution in [1.82, 2.24) is 20.5 Å². The van der Waals surface area contributed by atoms with E-state index in [1.54, 1.807) is 24.2 Å². The summed E-state index contributed by atoms with van der Waals surface area (Å²) >= 11 is 6.18. The molecule has 1 fully saturated rings. The second-order valence-electron chi connectivity index (χ2n) is 7.37. The van der Waals surface area contributed by atoms with Gasteiger partial charge in [0.2, 0.25) is 0 Å². The monoisotopic (exact) mass is 407 g/mol. The number of amides is 1. The summed E-state index contributed by atoms with van der Waals surface area (Å²) in [5.41, 5.74) is 1.91. The number of pyridine rings is 1. The van der Waals surface area contributed by atoms with Crippen LogP contribution in [0.15, 0.2) is 17.0 Å². The molecule has 2 N–H and O–H groups in total. The van der Waals surface area contributed by atoms with Crippen LogP contribution in [0.5, 0.6) is 0 Å². The molecule has 1 aliphatic carbocycles. The summed E-state index contributed by atoms with van der Waals surface area (Å²) in [6.45, 7) is 4.27. The van der Waals surface area contributed by atoms with Crippen molar-refractivity contribution < 1.29 is 13.9 Å². The van der Waals surface area contributed by atoms with Crippen LogP contribution in [-0.2, 0) is 17.6 Å². The summed E-state index contributed by atoms with van der Waals surface area (Å²) in [6, 6.07) is 0. The molecule has 150 valence electrons. The van der Waals surface area contributed by atoms with E-state index in [0.29, 0.717) is 60.6 Å². The number of ether oxygens (including phenoxy) is 1. The number of nitrogens with zero attached hydrogens (tertiary/aromatic N) is 3. The van der Waals surface area contributed by atoms with Crippen molar-refractivity contribution in [2.75, 3.05) is 26.2 Å². The molecule has 1 aromatic rings. The topological polar surface area (TPSA) is 78.9 Å². The van der Waals surface area contributed by atoms with E-state index in [0.717, 1.165) is 18.5 Å². The quantitative estimate of drug-likeness (QED) is 0.558. The van der Waals surface area contributed by atoms with Crippen molar-refractivity contribution in [3.05, 3.63) is 39.8 Å². The van der Waals surface area contributed by atoms with Crippen LogP contribution in [0, 0.1) is 18.7 Å². The van der Waals surface area contributed by atoms with Gasteiger partial charge in [0, 0.05) is 19.0 Å². The lowest BCUT2D eigenvalue weighted by molar-refractivity contribution is 0.130. The molecule has 1 saturated heterocycles. The van der Waals surface area contributed by atoms with Crippen LogP contribution in [0.1, 0.15) is 23.2 Å². The first-order chi connectivity index (χ1) is 13.5. The molecule has 7 nitrogen and oxygen atoms in total. The van der Waals surface area contributed by atoms with Gasteiger partial charge in [-0.05, 0) is 56.3 Å². The first-order valence-electron chi connectivity index (χ1n) is 9.51. The van der Waals surface area contributed by atoms with E-state index in [2.05, 4.69) is 20.6 Å². The van der Waals surface area contributed by atoms with E-state index in [4.69, 9.17) is 16.3 Å². The number of aryl methyl sites for hydroxylation is 1. The number of carbonyl (C=O) groups is 1. The second kappa shape index (κ2) is 8.05. The maximum atomic E-state index is 14.3. The molecule has 1 aromatic heterocycles. The van der Waals surface area contributed by atoms with Gasteiger partial charge in [-0.25, -0.2) is 19.2 Å². The van der Waals surface area contributed by atoms with Gasteiger partial charge in [0.25, 0.3) is 0 Å². The van der Waals surface area contributed by atoms with Crippen molar-refractivity contribution in [1.29, 1.82) is 0 Å². The zero-order chi connectivity index (χ0) is 19.7. The highest BCUT2D eigenvalue weighted by Crippen LogP contribution is 2.33. The summed E-state index contributed by atoms with van der Waals surface area (Å²) < 4.78 is 19.7. The molecule has 0 aromatic carbocycles. The maximum Gasteiger partial charge on any atom is 0.415 e. The minimum Gasteiger partial charge on any atom is -0.444 e. The summed E-state index contributed by atoms with van der Waals surface area (Å²) in [6.07, 6.45) is 5.03. The summed E-state index contributed by atoms with van der Waals surface area (Å²) in [5, 5.41) is 6.86. The molecule has 0 spiro atoms. The number of hydrogen-bond donors (Lipinski definition) is 2. The van der Waals surface area contributed by atoms with Crippen LogP contribution in [-0.4, -0.2) is 54.5 Å². The van der Waals surface area contributed by atoms with Crippen LogP contribution in [0.4, 0.5) is 9.18 Å². The van der Waals surface area contributed by atoms with Gasteiger partial charge < -0.3 is 15.4 Å². The highest BCUT2D eigenvalue weighted by molar-refractivity contribution is 6.30. The number of halogens is 2. The van der Waals surface area contributed by atoms with Gasteiger partial charge in [0.15, 0.2) is 5.82 Å². The van der Waals surface area contributed by atoms with E-state index in [1.807, 2.05) is 0 Å². The smallest absolute Gasteiger partial charge is 0.415 e. The number of carbonyl (C=O) groups excluding carboxylic acids is 1. The largest absolute Gasteiger partial charge is 0.444 e. The number of fused-ring (bicyclic) bond motifs is 1. The Kier molecular flexibility index (Phi) is 5.50. The molecule has 1 amide bonds. The Labute approximate surface area is 168 Å². The van der Waals surface area contributed by atoms with Crippen molar-refractivity contribution >= 4 is 23.9 Å². The van der Waals surface area contributed by atoms with Gasteiger partial charge in [-0.2, -0.15) is 0 Å². The van der Waals surface area contributed by atoms with Gasteiger partial charge in [0.05, 0.1) is 12.2 Å². The molecule has 3 aliphatic rings. The van der Waals surface area contributed by atoms with Gasteiger partial charge in [-0.1, -0.05) is 11.6 Å². The summed E-state index contributed by atoms with van der Waals surface area (Å²) in [4.78, 5) is 21.9. The lowest BCUT2D eigenvalue weighted by Gasteiger charge is -2.16. The third kappa shape index (κ3) is 3.84. The van der Waals surface area contributed by atoms with Gasteiger partial charge in [0.1, 0.15) is 17.1 Å². The predicted molar refractivity (Wildman–Crippen MR) is 104 cm³/mol. The molecule has 2 atom stereocenters. The molecular weight excluding hydrogens is 385 g/mol. The van der Waals surface area contributed by atoms with E-state index < -0.39 is 0 Å². The molecule has 0 radical (unpaired) electrons. The Bertz CT molecular complexity index is 844. The fourth-order valence-corrected chi connectivity index (χ4v) is 4.23. The molecule has 28 heavy (non-hydrogen) atoms. The van der Waals surface area contributed by atoms with Crippen molar-refractivity contribution in [3.8, 4) is 0 Å². The zero-order valence-electron chi connectivity index (χ0n) is 15.7. The summed E-state index contributed by atoms with van der Waals surface area (Å²) in [7, 11) is 0. The minimum atomic E-state index is -0.365. The average Bonchev–Trinajstić information content (AvgIpc) is 3.28. The second-order valence-corrected chi connectivity index (χ2v) is 7.72. The Morgan fingerprint density at radius 1 is 1.43 bits per heavy atom. The highest BCUT2D eigenvalue weighted by Gasteiger charge is 2.34. The van der Waals surface area contributed by atoms with Crippen molar-refractivity contribution in [3.63, 3.8) is 0 Å². The predicted octanol–water partition coefficient (Wildman–Crippen LogP) is 2.17. The highest BCUT2D eigenvalue weighted by atomic mass is 35.5. The minimum absolute atomic E-state index is 0.169. The van der Waals surface area contributed by atoms with Crippen LogP contribution in [0.3, 0.4) is 0 Å². The lowest BCUT2D eigenvalue weighted by atomic mass is 10.1. The Hall–Kier alpha value is -2.19. The molecule has 0 bridgehead atoms. The maximum absolute atomic E-state index is 14.3. The third-order valence-electron chi connectivity index (χ3n) is 5.34. The number of nitrogens with one attached hydrogen (secondary N) is 2. The molecule has 9 heteroatoms. The van der Waals surface area contributed by atoms with Crippen molar-refractivity contribution in [2.45, 2.75) is 32.3 Å².